The quantitative estimate of drug-likeness (QED) is 0.768. The van der Waals surface area contributed by atoms with E-state index >= 15 is 0 Å². The fraction of sp³-hybridized carbons (Fsp3) is 0.773. The van der Waals surface area contributed by atoms with Gasteiger partial charge in [-0.15, -0.1) is 0 Å². The highest BCUT2D eigenvalue weighted by molar-refractivity contribution is 5.91. The van der Waals surface area contributed by atoms with Gasteiger partial charge in [-0.25, -0.2) is 0 Å². The molecule has 0 radical (unpaired) electrons. The van der Waals surface area contributed by atoms with Gasteiger partial charge in [-0.05, 0) is 67.8 Å². The molecule has 0 aliphatic heterocycles. The summed E-state index contributed by atoms with van der Waals surface area (Å²) in [5, 5.41) is 9.45. The molecule has 0 heterocycles. The van der Waals surface area contributed by atoms with Crippen molar-refractivity contribution >= 4 is 17.5 Å². The van der Waals surface area contributed by atoms with Crippen LogP contribution in [0.15, 0.2) is 11.6 Å². The van der Waals surface area contributed by atoms with Crippen LogP contribution >= 0.6 is 0 Å². The molecule has 27 heavy (non-hydrogen) atoms. The number of carbonyl (C=O) groups is 3. The molecule has 5 nitrogen and oxygen atoms in total. The molecule has 7 atom stereocenters. The Balaban J connectivity index is 1.71. The number of hydrogen-bond donors (Lipinski definition) is 1. The Morgan fingerprint density at radius 2 is 2.00 bits per heavy atom. The average Bonchev–Trinajstić information content (AvgIpc) is 2.96. The second kappa shape index (κ2) is 6.84. The molecular weight excluding hydrogens is 344 g/mol. The van der Waals surface area contributed by atoms with Crippen LogP contribution in [0.3, 0.4) is 0 Å². The van der Waals surface area contributed by atoms with E-state index in [1.165, 1.54) is 12.5 Å². The maximum Gasteiger partial charge on any atom is 0.302 e. The smallest absolute Gasteiger partial charge is 0.302 e. The van der Waals surface area contributed by atoms with Crippen LogP contribution in [-0.2, 0) is 19.1 Å². The van der Waals surface area contributed by atoms with Crippen molar-refractivity contribution in [3.05, 3.63) is 11.6 Å². The van der Waals surface area contributed by atoms with Crippen LogP contribution in [0.25, 0.3) is 0 Å². The van der Waals surface area contributed by atoms with Crippen molar-refractivity contribution in [1.29, 1.82) is 0 Å². The summed E-state index contributed by atoms with van der Waals surface area (Å²) < 4.78 is 5.85. The van der Waals surface area contributed by atoms with E-state index in [0.717, 1.165) is 32.1 Å². The number of ether oxygens (including phenoxy) is 1. The summed E-state index contributed by atoms with van der Waals surface area (Å²) in [6.07, 6.45) is 7.52. The molecule has 4 rings (SSSR count). The predicted octanol–water partition coefficient (Wildman–Crippen LogP) is 2.85. The third-order valence-electron chi connectivity index (χ3n) is 8.11. The summed E-state index contributed by atoms with van der Waals surface area (Å²) >= 11 is 0. The van der Waals surface area contributed by atoms with Crippen molar-refractivity contribution < 1.29 is 24.2 Å². The molecule has 0 amide bonds. The van der Waals surface area contributed by atoms with Gasteiger partial charge in [0.1, 0.15) is 12.7 Å². The zero-order valence-electron chi connectivity index (χ0n) is 16.3. The first-order chi connectivity index (χ1) is 12.8. The monoisotopic (exact) mass is 374 g/mol. The van der Waals surface area contributed by atoms with Crippen LogP contribution in [0.2, 0.25) is 0 Å². The molecular formula is C22H30O5. The van der Waals surface area contributed by atoms with Crippen molar-refractivity contribution in [2.24, 2.45) is 35.0 Å². The lowest BCUT2D eigenvalue weighted by molar-refractivity contribution is -0.169. The fourth-order valence-corrected chi connectivity index (χ4v) is 7.20. The maximum absolute atomic E-state index is 12.4. The van der Waals surface area contributed by atoms with Gasteiger partial charge in [-0.3, -0.25) is 14.4 Å². The summed E-state index contributed by atoms with van der Waals surface area (Å²) in [5.74, 6) is 1.15. The lowest BCUT2D eigenvalue weighted by Crippen LogP contribution is -2.54. The number of ketones is 2. The summed E-state index contributed by atoms with van der Waals surface area (Å²) in [5.41, 5.74) is 1.03. The molecule has 148 valence electrons. The van der Waals surface area contributed by atoms with Gasteiger partial charge in [-0.2, -0.15) is 0 Å². The third-order valence-corrected chi connectivity index (χ3v) is 8.11. The number of allylic oxidation sites excluding steroid dienone is 1. The molecule has 1 N–H and O–H groups in total. The van der Waals surface area contributed by atoms with E-state index in [1.54, 1.807) is 0 Å². The fourth-order valence-electron chi connectivity index (χ4n) is 7.20. The number of carbonyl (C=O) groups excluding carboxylic acids is 3. The highest BCUT2D eigenvalue weighted by Crippen LogP contribution is 2.64. The van der Waals surface area contributed by atoms with Gasteiger partial charge >= 0.3 is 5.97 Å². The summed E-state index contributed by atoms with van der Waals surface area (Å²) in [6, 6.07) is 0. The summed E-state index contributed by atoms with van der Waals surface area (Å²) in [4.78, 5) is 36.2. The Labute approximate surface area is 160 Å². The standard InChI is InChI=1S/C22H30O5/c1-12(24)27-20-10-22(2)17(7-8-18(22)19(26)11-23)16-5-3-13-9-14(25)4-6-15(13)21(16)20/h9,15-18,20-21,23H,3-8,10-11H2,1-2H3/t15-,16-,17-,18+,20+,21+,22-/m0/s1. The lowest BCUT2D eigenvalue weighted by atomic mass is 9.50. The first-order valence-electron chi connectivity index (χ1n) is 10.4. The van der Waals surface area contributed by atoms with Crippen LogP contribution in [0.1, 0.15) is 58.8 Å². The van der Waals surface area contributed by atoms with Gasteiger partial charge in [0.25, 0.3) is 0 Å². The SMILES string of the molecule is CC(=O)O[C@@H]1C[C@]2(C)[C@@H](C(=O)CO)CC[C@H]2[C@@H]2CCC3=CC(=O)CC[C@@H]3[C@H]21. The minimum atomic E-state index is -0.406. The van der Waals surface area contributed by atoms with Crippen LogP contribution in [-0.4, -0.2) is 35.4 Å². The molecule has 3 saturated carbocycles. The minimum absolute atomic E-state index is 0.0697. The second-order valence-electron chi connectivity index (χ2n) is 9.33. The van der Waals surface area contributed by atoms with Crippen molar-refractivity contribution in [3.8, 4) is 0 Å². The zero-order valence-corrected chi connectivity index (χ0v) is 16.3. The van der Waals surface area contributed by atoms with E-state index in [2.05, 4.69) is 6.92 Å². The van der Waals surface area contributed by atoms with E-state index in [0.29, 0.717) is 30.6 Å². The summed E-state index contributed by atoms with van der Waals surface area (Å²) in [6.45, 7) is 3.22. The zero-order chi connectivity index (χ0) is 19.3. The molecule has 5 heteroatoms. The van der Waals surface area contributed by atoms with Gasteiger partial charge in [0.15, 0.2) is 11.6 Å². The molecule has 0 aromatic rings. The van der Waals surface area contributed by atoms with Crippen molar-refractivity contribution in [2.45, 2.75) is 64.9 Å². The molecule has 0 aromatic carbocycles. The van der Waals surface area contributed by atoms with Crippen LogP contribution in [0.4, 0.5) is 0 Å². The molecule has 0 spiro atoms. The third kappa shape index (κ3) is 2.98. The van der Waals surface area contributed by atoms with Crippen LogP contribution in [0.5, 0.6) is 0 Å². The topological polar surface area (TPSA) is 80.7 Å². The Kier molecular flexibility index (Phi) is 4.77. The Bertz CT molecular complexity index is 695. The molecule has 0 bridgehead atoms. The van der Waals surface area contributed by atoms with Gasteiger partial charge in [0.2, 0.25) is 0 Å². The van der Waals surface area contributed by atoms with E-state index in [9.17, 15) is 19.5 Å². The van der Waals surface area contributed by atoms with E-state index in [4.69, 9.17) is 4.74 Å². The highest BCUT2D eigenvalue weighted by Gasteiger charge is 2.61. The first kappa shape index (κ1) is 18.9. The van der Waals surface area contributed by atoms with E-state index in [-0.39, 0.29) is 40.9 Å². The Hall–Kier alpha value is -1.49. The van der Waals surface area contributed by atoms with Gasteiger partial charge in [-0.1, -0.05) is 12.5 Å². The number of Topliss-reactive ketones (excluding diaryl/α,β-unsaturated/α-hetero) is 1. The number of aliphatic hydroxyl groups excluding tert-OH is 1. The highest BCUT2D eigenvalue weighted by atomic mass is 16.5. The number of fused-ring (bicyclic) bond motifs is 5. The molecule has 0 aromatic heterocycles. The predicted molar refractivity (Wildman–Crippen MR) is 98.6 cm³/mol. The molecule has 3 fully saturated rings. The number of rotatable bonds is 3. The van der Waals surface area contributed by atoms with Gasteiger partial charge in [0.05, 0.1) is 0 Å². The normalized spacial score (nSPS) is 43.2. The van der Waals surface area contributed by atoms with Gasteiger partial charge < -0.3 is 9.84 Å². The van der Waals surface area contributed by atoms with Crippen molar-refractivity contribution in [1.82, 2.24) is 0 Å². The van der Waals surface area contributed by atoms with Crippen LogP contribution in [0, 0.1) is 35.0 Å². The molecule has 4 aliphatic carbocycles. The largest absolute Gasteiger partial charge is 0.462 e. The van der Waals surface area contributed by atoms with Crippen LogP contribution < -0.4 is 0 Å². The molecule has 0 saturated heterocycles. The molecule has 0 unspecified atom stereocenters. The summed E-state index contributed by atoms with van der Waals surface area (Å²) in [7, 11) is 0. The minimum Gasteiger partial charge on any atom is -0.462 e. The Morgan fingerprint density at radius 1 is 1.22 bits per heavy atom. The average molecular weight is 374 g/mol. The number of esters is 1. The van der Waals surface area contributed by atoms with E-state index < -0.39 is 6.61 Å². The molecule has 4 aliphatic rings. The second-order valence-corrected chi connectivity index (χ2v) is 9.33. The lowest BCUT2D eigenvalue weighted by Gasteiger charge is -2.56. The first-order valence-corrected chi connectivity index (χ1v) is 10.4. The number of hydrogen-bond acceptors (Lipinski definition) is 5. The van der Waals surface area contributed by atoms with Crippen molar-refractivity contribution in [3.63, 3.8) is 0 Å². The Morgan fingerprint density at radius 3 is 2.70 bits per heavy atom. The van der Waals surface area contributed by atoms with Gasteiger partial charge in [0, 0.05) is 25.2 Å². The number of aliphatic hydroxyl groups is 1. The van der Waals surface area contributed by atoms with E-state index in [1.807, 2.05) is 6.08 Å². The van der Waals surface area contributed by atoms with Crippen molar-refractivity contribution in [2.75, 3.05) is 6.61 Å². The maximum atomic E-state index is 12.4.